The Morgan fingerprint density at radius 2 is 0.648 bits per heavy atom. The molecule has 4 N–H and O–H groups in total. The Morgan fingerprint density at radius 3 is 0.972 bits per heavy atom. The van der Waals surface area contributed by atoms with Crippen molar-refractivity contribution >= 4 is 91.1 Å². The lowest BCUT2D eigenvalue weighted by molar-refractivity contribution is -0.109. The first-order chi connectivity index (χ1) is 33.5. The monoisotopic (exact) mass is 1030 g/mol. The van der Waals surface area contributed by atoms with Crippen LogP contribution in [0.15, 0.2) is 213 Å². The van der Waals surface area contributed by atoms with Crippen LogP contribution in [0.4, 0.5) is 0 Å². The minimum Gasteiger partial charge on any atom is -0.289 e. The minimum absolute atomic E-state index is 0.0760. The quantitative estimate of drug-likeness (QED) is 0.0586. The van der Waals surface area contributed by atoms with Gasteiger partial charge in [0.05, 0.1) is 19.6 Å². The fourth-order valence-electron chi connectivity index (χ4n) is 8.50. The van der Waals surface area contributed by atoms with Crippen LogP contribution in [-0.4, -0.2) is 63.4 Å². The molecule has 6 aromatic rings. The van der Waals surface area contributed by atoms with Crippen molar-refractivity contribution < 1.29 is 61.5 Å². The lowest BCUT2D eigenvalue weighted by Crippen LogP contribution is -2.04. The van der Waals surface area contributed by atoms with E-state index in [4.69, 9.17) is 0 Å². The van der Waals surface area contributed by atoms with E-state index in [1.54, 1.807) is 79.7 Å². The zero-order valence-electron chi connectivity index (χ0n) is 37.0. The van der Waals surface area contributed by atoms with Crippen molar-refractivity contribution in [1.82, 2.24) is 0 Å². The van der Waals surface area contributed by atoms with Gasteiger partial charge in [-0.25, -0.2) is 0 Å². The second kappa shape index (κ2) is 19.0. The predicted octanol–water partition coefficient (Wildman–Crippen LogP) is 9.41. The number of Topliss-reactive ketones (excluding diaryl/α,β-unsaturated/α-hetero) is 2. The van der Waals surface area contributed by atoms with Crippen molar-refractivity contribution in [3.63, 3.8) is 0 Å². The molecule has 6 aromatic carbocycles. The highest BCUT2D eigenvalue weighted by atomic mass is 32.2. The molecular formula is C53H38O14S4. The molecule has 0 atom stereocenters. The molecule has 18 heteroatoms. The SMILES string of the molecule is C=C/C(=C\C=C/C)C1=C(c2ccc(S(=O)(=O)O)cc2)C(=O)C(c2ccc(S(=O)(=O)O)cc2)=C1c1ccc(C2=C(c3ccc(S(=O)(=O)O)cc3)C(=O)C(c3ccc(S(=O)(=O)O)cc3)=C2c2ccccc2)cc1. The van der Waals surface area contributed by atoms with E-state index in [1.807, 2.05) is 0 Å². The van der Waals surface area contributed by atoms with E-state index < -0.39 is 71.6 Å². The summed E-state index contributed by atoms with van der Waals surface area (Å²) < 4.78 is 136. The third-order valence-corrected chi connectivity index (χ3v) is 15.1. The van der Waals surface area contributed by atoms with Crippen molar-refractivity contribution in [3.8, 4) is 0 Å². The second-order valence-electron chi connectivity index (χ2n) is 16.0. The molecule has 0 saturated carbocycles. The van der Waals surface area contributed by atoms with Gasteiger partial charge < -0.3 is 0 Å². The third kappa shape index (κ3) is 9.83. The van der Waals surface area contributed by atoms with Gasteiger partial charge in [0.25, 0.3) is 40.5 Å². The summed E-state index contributed by atoms with van der Waals surface area (Å²) in [6, 6.07) is 35.5. The average molecular weight is 1030 g/mol. The first-order valence-corrected chi connectivity index (χ1v) is 26.8. The average Bonchev–Trinajstić information content (AvgIpc) is 3.81. The van der Waals surface area contributed by atoms with Gasteiger partial charge in [-0.3, -0.25) is 27.8 Å². The topological polar surface area (TPSA) is 252 Å². The molecule has 0 aromatic heterocycles. The summed E-state index contributed by atoms with van der Waals surface area (Å²) in [5, 5.41) is 0. The van der Waals surface area contributed by atoms with E-state index >= 15 is 9.59 Å². The molecule has 2 aliphatic carbocycles. The van der Waals surface area contributed by atoms with Crippen LogP contribution in [0.3, 0.4) is 0 Å². The summed E-state index contributed by atoms with van der Waals surface area (Å²) in [6.07, 6.45) is 6.68. The van der Waals surface area contributed by atoms with Gasteiger partial charge >= 0.3 is 0 Å². The second-order valence-corrected chi connectivity index (χ2v) is 21.6. The molecular weight excluding hydrogens is 989 g/mol. The van der Waals surface area contributed by atoms with Crippen LogP contribution in [0.1, 0.15) is 45.9 Å². The normalized spacial score (nSPS) is 15.2. The Morgan fingerprint density at radius 1 is 0.380 bits per heavy atom. The number of ketones is 2. The van der Waals surface area contributed by atoms with Crippen molar-refractivity contribution in [2.24, 2.45) is 0 Å². The smallest absolute Gasteiger partial charge is 0.289 e. The predicted molar refractivity (Wildman–Crippen MR) is 268 cm³/mol. The van der Waals surface area contributed by atoms with Crippen molar-refractivity contribution in [2.45, 2.75) is 26.5 Å². The first-order valence-electron chi connectivity index (χ1n) is 21.0. The van der Waals surface area contributed by atoms with E-state index in [1.165, 1.54) is 54.6 Å². The number of allylic oxidation sites excluding steroid dienone is 13. The number of carbonyl (C=O) groups is 2. The number of hydrogen-bond acceptors (Lipinski definition) is 10. The lowest BCUT2D eigenvalue weighted by Gasteiger charge is -2.17. The van der Waals surface area contributed by atoms with Gasteiger partial charge in [-0.1, -0.05) is 134 Å². The molecule has 0 bridgehead atoms. The maximum absolute atomic E-state index is 15.1. The molecule has 2 aliphatic rings. The summed E-state index contributed by atoms with van der Waals surface area (Å²) in [5.41, 5.74) is 4.65. The van der Waals surface area contributed by atoms with E-state index in [2.05, 4.69) is 6.58 Å². The molecule has 0 aliphatic heterocycles. The highest BCUT2D eigenvalue weighted by Crippen LogP contribution is 2.52. The fraction of sp³-hybridized carbons (Fsp3) is 0.0189. The minimum atomic E-state index is -4.65. The molecule has 0 radical (unpaired) electrons. The van der Waals surface area contributed by atoms with Gasteiger partial charge in [0, 0.05) is 44.6 Å². The molecule has 0 spiro atoms. The Labute approximate surface area is 409 Å². The molecule has 0 heterocycles. The summed E-state index contributed by atoms with van der Waals surface area (Å²) in [5.74, 6) is -1.10. The van der Waals surface area contributed by atoms with Crippen LogP contribution in [-0.2, 0) is 50.1 Å². The zero-order chi connectivity index (χ0) is 51.2. The number of rotatable bonds is 14. The standard InChI is InChI=1S/C53H38O14S4/c1-3-5-9-32(4-2)44-46(50(38-20-28-42(29-21-38)70(62,63)64)52(54)48(44)36-16-24-40(25-17-36)68(56,57)58)34-12-14-35(15-13-34)47-45(33-10-7-6-8-11-33)49(37-18-26-41(27-19-37)69(59,60)61)53(55)51(47)39-22-30-43(31-23-39)71(65,66)67/h3-31H,2H2,1H3,(H,56,57,58)(H,59,60,61)(H,62,63,64)(H,65,66,67)/b5-3-,32-9+. The first kappa shape index (κ1) is 49.9. The molecule has 0 unspecified atom stereocenters. The molecule has 8 rings (SSSR count). The largest absolute Gasteiger partial charge is 0.294 e. The molecule has 0 saturated heterocycles. The van der Waals surface area contributed by atoms with Crippen molar-refractivity contribution in [3.05, 3.63) is 233 Å². The van der Waals surface area contributed by atoms with Gasteiger partial charge in [0.1, 0.15) is 0 Å². The summed E-state index contributed by atoms with van der Waals surface area (Å²) in [6.45, 7) is 5.80. The Balaban J connectivity index is 1.42. The Kier molecular flexibility index (Phi) is 13.4. The lowest BCUT2D eigenvalue weighted by atomic mass is 9.86. The Bertz CT molecular complexity index is 3880. The highest BCUT2D eigenvalue weighted by molar-refractivity contribution is 7.86. The van der Waals surface area contributed by atoms with Crippen LogP contribution in [0.25, 0.3) is 39.0 Å². The van der Waals surface area contributed by atoms with E-state index in [0.29, 0.717) is 44.6 Å². The third-order valence-electron chi connectivity index (χ3n) is 11.7. The maximum Gasteiger partial charge on any atom is 0.294 e. The highest BCUT2D eigenvalue weighted by Gasteiger charge is 2.38. The number of hydrogen-bond donors (Lipinski definition) is 4. The number of benzene rings is 6. The van der Waals surface area contributed by atoms with Gasteiger partial charge in [-0.05, 0) is 100.0 Å². The van der Waals surface area contributed by atoms with Crippen LogP contribution >= 0.6 is 0 Å². The molecule has 358 valence electrons. The van der Waals surface area contributed by atoms with E-state index in [0.717, 1.165) is 48.5 Å². The summed E-state index contributed by atoms with van der Waals surface area (Å²) >= 11 is 0. The molecule has 0 fully saturated rings. The molecule has 71 heavy (non-hydrogen) atoms. The van der Waals surface area contributed by atoms with Crippen LogP contribution in [0, 0.1) is 0 Å². The van der Waals surface area contributed by atoms with E-state index in [-0.39, 0.29) is 44.5 Å². The zero-order valence-corrected chi connectivity index (χ0v) is 40.2. The van der Waals surface area contributed by atoms with Gasteiger partial charge in [0.2, 0.25) is 0 Å². The fourth-order valence-corrected chi connectivity index (χ4v) is 10.4. The molecule has 14 nitrogen and oxygen atoms in total. The van der Waals surface area contributed by atoms with Crippen LogP contribution in [0.5, 0.6) is 0 Å². The van der Waals surface area contributed by atoms with Crippen molar-refractivity contribution in [1.29, 1.82) is 0 Å². The summed E-state index contributed by atoms with van der Waals surface area (Å²) in [7, 11) is -18.5. The maximum atomic E-state index is 15.1. The summed E-state index contributed by atoms with van der Waals surface area (Å²) in [4.78, 5) is 28.5. The van der Waals surface area contributed by atoms with Crippen LogP contribution < -0.4 is 0 Å². The van der Waals surface area contributed by atoms with Gasteiger partial charge in [-0.15, -0.1) is 0 Å². The van der Waals surface area contributed by atoms with Crippen LogP contribution in [0.2, 0.25) is 0 Å². The van der Waals surface area contributed by atoms with Crippen molar-refractivity contribution in [2.75, 3.05) is 0 Å². The van der Waals surface area contributed by atoms with Gasteiger partial charge in [0.15, 0.2) is 11.6 Å². The Hall–Kier alpha value is -7.52. The van der Waals surface area contributed by atoms with Gasteiger partial charge in [-0.2, -0.15) is 33.7 Å². The van der Waals surface area contributed by atoms with E-state index in [9.17, 15) is 51.9 Å². The number of carbonyl (C=O) groups excluding carboxylic acids is 2. The molecule has 0 amide bonds.